The van der Waals surface area contributed by atoms with Crippen molar-refractivity contribution in [3.05, 3.63) is 18.4 Å². The van der Waals surface area contributed by atoms with Gasteiger partial charge in [0.2, 0.25) is 23.6 Å². The van der Waals surface area contributed by atoms with Crippen LogP contribution in [0.25, 0.3) is 17.4 Å². The molecule has 3 aromatic rings. The number of piperazine rings is 1. The second kappa shape index (κ2) is 9.51. The summed E-state index contributed by atoms with van der Waals surface area (Å²) in [6.07, 6.45) is 3.92. The molecule has 1 fully saturated rings. The minimum Gasteiger partial charge on any atom is -0.461 e. The van der Waals surface area contributed by atoms with Crippen LogP contribution in [0.15, 0.2) is 22.8 Å². The normalized spacial score (nSPS) is 16.1. The highest BCUT2D eigenvalue weighted by atomic mass is 16.3. The molecule has 1 aliphatic heterocycles. The first-order valence-corrected chi connectivity index (χ1v) is 11.2. The highest BCUT2D eigenvalue weighted by molar-refractivity contribution is 5.84. The van der Waals surface area contributed by atoms with Crippen molar-refractivity contribution >= 4 is 23.6 Å². The lowest BCUT2D eigenvalue weighted by Crippen LogP contribution is -2.54. The van der Waals surface area contributed by atoms with Crippen molar-refractivity contribution in [3.63, 3.8) is 0 Å². The molecule has 1 atom stereocenters. The van der Waals surface area contributed by atoms with Crippen LogP contribution in [0.3, 0.4) is 0 Å². The first-order valence-electron chi connectivity index (χ1n) is 11.2. The number of hydrogen-bond donors (Lipinski definition) is 2. The minimum atomic E-state index is -0.466. The van der Waals surface area contributed by atoms with Gasteiger partial charge in [-0.05, 0) is 31.0 Å². The van der Waals surface area contributed by atoms with E-state index in [1.807, 2.05) is 18.7 Å². The molecule has 32 heavy (non-hydrogen) atoms. The second-order valence-electron chi connectivity index (χ2n) is 8.42. The van der Waals surface area contributed by atoms with Gasteiger partial charge in [0.1, 0.15) is 6.04 Å². The van der Waals surface area contributed by atoms with Gasteiger partial charge in [-0.25, -0.2) is 0 Å². The standard InChI is InChI=1S/C21H31N9O2/c1-4-5-8-28-9-11-29(12-10-28)18(31)16(14(2)3)23-20-25-19(22)30-21(26-20)24-17(27-30)15-7-6-13-32-15/h6-7,13-14,16H,4-5,8-12H2,1-3H3,(H3,22,23,24,25,26,27)/t16-/m0/s1. The zero-order valence-corrected chi connectivity index (χ0v) is 18.9. The third kappa shape index (κ3) is 4.67. The molecule has 3 N–H and O–H groups in total. The number of nitrogens with zero attached hydrogens (tertiary/aromatic N) is 7. The van der Waals surface area contributed by atoms with E-state index in [9.17, 15) is 4.79 Å². The van der Waals surface area contributed by atoms with Crippen molar-refractivity contribution in [2.45, 2.75) is 39.7 Å². The van der Waals surface area contributed by atoms with Gasteiger partial charge >= 0.3 is 0 Å². The van der Waals surface area contributed by atoms with Crippen LogP contribution in [0.5, 0.6) is 0 Å². The van der Waals surface area contributed by atoms with E-state index in [-0.39, 0.29) is 29.5 Å². The van der Waals surface area contributed by atoms with Gasteiger partial charge in [0.15, 0.2) is 5.76 Å². The quantitative estimate of drug-likeness (QED) is 0.536. The number of rotatable bonds is 8. The fourth-order valence-electron chi connectivity index (χ4n) is 3.80. The Balaban J connectivity index is 1.48. The second-order valence-corrected chi connectivity index (χ2v) is 8.42. The van der Waals surface area contributed by atoms with Crippen LogP contribution in [0.2, 0.25) is 0 Å². The van der Waals surface area contributed by atoms with Gasteiger partial charge in [-0.3, -0.25) is 9.69 Å². The number of nitrogen functional groups attached to an aromatic ring is 1. The maximum Gasteiger partial charge on any atom is 0.259 e. The zero-order chi connectivity index (χ0) is 22.7. The Kier molecular flexibility index (Phi) is 6.54. The molecular formula is C21H31N9O2. The predicted octanol–water partition coefficient (Wildman–Crippen LogP) is 1.74. The van der Waals surface area contributed by atoms with E-state index in [1.54, 1.807) is 18.4 Å². The summed E-state index contributed by atoms with van der Waals surface area (Å²) in [6, 6.07) is 3.05. The maximum absolute atomic E-state index is 13.3. The van der Waals surface area contributed by atoms with E-state index in [2.05, 4.69) is 37.2 Å². The molecule has 0 radical (unpaired) electrons. The number of anilines is 2. The zero-order valence-electron chi connectivity index (χ0n) is 18.9. The Labute approximate surface area is 187 Å². The van der Waals surface area contributed by atoms with Crippen molar-refractivity contribution in [1.29, 1.82) is 0 Å². The highest BCUT2D eigenvalue weighted by Crippen LogP contribution is 2.19. The third-order valence-corrected chi connectivity index (χ3v) is 5.70. The molecule has 0 aliphatic carbocycles. The molecule has 4 rings (SSSR count). The molecule has 0 bridgehead atoms. The Morgan fingerprint density at radius 3 is 2.66 bits per heavy atom. The lowest BCUT2D eigenvalue weighted by molar-refractivity contribution is -0.134. The van der Waals surface area contributed by atoms with E-state index in [0.29, 0.717) is 11.6 Å². The largest absolute Gasteiger partial charge is 0.461 e. The molecule has 0 saturated carbocycles. The van der Waals surface area contributed by atoms with E-state index < -0.39 is 6.04 Å². The van der Waals surface area contributed by atoms with Crippen LogP contribution in [0, 0.1) is 5.92 Å². The highest BCUT2D eigenvalue weighted by Gasteiger charge is 2.30. The number of furan rings is 1. The van der Waals surface area contributed by atoms with Gasteiger partial charge in [-0.15, -0.1) is 5.10 Å². The fraction of sp³-hybridized carbons (Fsp3) is 0.571. The SMILES string of the molecule is CCCCN1CCN(C(=O)[C@@H](Nc2nc(N)n3nc(-c4ccco4)nc3n2)C(C)C)CC1. The number of nitrogens with two attached hydrogens (primary N) is 1. The maximum atomic E-state index is 13.3. The van der Waals surface area contributed by atoms with Gasteiger partial charge in [-0.2, -0.15) is 19.5 Å². The van der Waals surface area contributed by atoms with Crippen molar-refractivity contribution < 1.29 is 9.21 Å². The smallest absolute Gasteiger partial charge is 0.259 e. The van der Waals surface area contributed by atoms with E-state index in [1.165, 1.54) is 17.4 Å². The third-order valence-electron chi connectivity index (χ3n) is 5.70. The van der Waals surface area contributed by atoms with Crippen molar-refractivity contribution in [3.8, 4) is 11.6 Å². The Hall–Kier alpha value is -3.21. The topological polar surface area (TPSA) is 131 Å². The molecule has 1 amide bonds. The summed E-state index contributed by atoms with van der Waals surface area (Å²) in [7, 11) is 0. The lowest BCUT2D eigenvalue weighted by Gasteiger charge is -2.37. The summed E-state index contributed by atoms with van der Waals surface area (Å²) in [4.78, 5) is 30.7. The van der Waals surface area contributed by atoms with E-state index in [4.69, 9.17) is 10.2 Å². The molecular weight excluding hydrogens is 410 g/mol. The number of carbonyl (C=O) groups is 1. The van der Waals surface area contributed by atoms with Gasteiger partial charge < -0.3 is 20.4 Å². The fourth-order valence-corrected chi connectivity index (χ4v) is 3.80. The van der Waals surface area contributed by atoms with Crippen LogP contribution < -0.4 is 11.1 Å². The molecule has 3 aromatic heterocycles. The molecule has 0 unspecified atom stereocenters. The molecule has 1 saturated heterocycles. The number of hydrogen-bond acceptors (Lipinski definition) is 9. The molecule has 4 heterocycles. The molecule has 0 aromatic carbocycles. The average molecular weight is 442 g/mol. The van der Waals surface area contributed by atoms with Gasteiger partial charge in [0, 0.05) is 26.2 Å². The van der Waals surface area contributed by atoms with Gasteiger partial charge in [0.05, 0.1) is 6.26 Å². The Morgan fingerprint density at radius 1 is 1.22 bits per heavy atom. The summed E-state index contributed by atoms with van der Waals surface area (Å²) in [5.41, 5.74) is 6.09. The Bertz CT molecular complexity index is 1040. The molecule has 0 spiro atoms. The monoisotopic (exact) mass is 441 g/mol. The summed E-state index contributed by atoms with van der Waals surface area (Å²) < 4.78 is 6.70. The number of nitrogens with one attached hydrogen (secondary N) is 1. The first-order chi connectivity index (χ1) is 15.5. The molecule has 11 nitrogen and oxygen atoms in total. The number of unbranched alkanes of at least 4 members (excludes halogenated alkanes) is 1. The first kappa shape index (κ1) is 22.0. The van der Waals surface area contributed by atoms with Crippen molar-refractivity contribution in [2.75, 3.05) is 43.8 Å². The predicted molar refractivity (Wildman–Crippen MR) is 121 cm³/mol. The van der Waals surface area contributed by atoms with Crippen LogP contribution in [-0.2, 0) is 4.79 Å². The molecule has 172 valence electrons. The van der Waals surface area contributed by atoms with Crippen molar-refractivity contribution in [1.82, 2.24) is 34.4 Å². The number of fused-ring (bicyclic) bond motifs is 1. The van der Waals surface area contributed by atoms with Gasteiger partial charge in [-0.1, -0.05) is 27.2 Å². The number of amides is 1. The van der Waals surface area contributed by atoms with Crippen LogP contribution in [0.4, 0.5) is 11.9 Å². The van der Waals surface area contributed by atoms with Crippen molar-refractivity contribution in [2.24, 2.45) is 5.92 Å². The average Bonchev–Trinajstić information content (AvgIpc) is 3.46. The molecule has 11 heteroatoms. The van der Waals surface area contributed by atoms with Crippen LogP contribution in [-0.4, -0.2) is 79.0 Å². The Morgan fingerprint density at radius 2 is 2.00 bits per heavy atom. The lowest BCUT2D eigenvalue weighted by atomic mass is 10.0. The summed E-state index contributed by atoms with van der Waals surface area (Å²) >= 11 is 0. The number of carbonyl (C=O) groups excluding carboxylic acids is 1. The number of aromatic nitrogens is 5. The minimum absolute atomic E-state index is 0.0400. The van der Waals surface area contributed by atoms with E-state index in [0.717, 1.165) is 32.7 Å². The summed E-state index contributed by atoms with van der Waals surface area (Å²) in [5.74, 6) is 1.63. The van der Waals surface area contributed by atoms with Gasteiger partial charge in [0.25, 0.3) is 5.78 Å². The van der Waals surface area contributed by atoms with Crippen LogP contribution in [0.1, 0.15) is 33.6 Å². The summed E-state index contributed by atoms with van der Waals surface area (Å²) in [6.45, 7) is 10.6. The van der Waals surface area contributed by atoms with Crippen LogP contribution >= 0.6 is 0 Å². The van der Waals surface area contributed by atoms with E-state index >= 15 is 0 Å². The summed E-state index contributed by atoms with van der Waals surface area (Å²) in [5, 5.41) is 7.49. The molecule has 1 aliphatic rings.